The molecule has 1 aliphatic carbocycles. The first kappa shape index (κ1) is 25.9. The number of carbonyl (C=O) groups is 1. The van der Waals surface area contributed by atoms with Gasteiger partial charge >= 0.3 is 0 Å². The topological polar surface area (TPSA) is 114 Å². The molecular formula is C30H33ClN6O. The largest absolute Gasteiger partial charge is 0.384 e. The van der Waals surface area contributed by atoms with Crippen LogP contribution in [-0.2, 0) is 25.9 Å². The van der Waals surface area contributed by atoms with Crippen molar-refractivity contribution < 1.29 is 4.79 Å². The van der Waals surface area contributed by atoms with Gasteiger partial charge in [-0.15, -0.1) is 0 Å². The highest BCUT2D eigenvalue weighted by Crippen LogP contribution is 2.33. The van der Waals surface area contributed by atoms with Crippen molar-refractivity contribution in [2.45, 2.75) is 38.8 Å². The van der Waals surface area contributed by atoms with Crippen LogP contribution in [-0.4, -0.2) is 39.3 Å². The van der Waals surface area contributed by atoms with Gasteiger partial charge in [0.2, 0.25) is 0 Å². The van der Waals surface area contributed by atoms with Crippen LogP contribution < -0.4 is 11.5 Å². The molecule has 0 radical (unpaired) electrons. The molecule has 0 bridgehead atoms. The van der Waals surface area contributed by atoms with Gasteiger partial charge in [-0.25, -0.2) is 4.98 Å². The first-order chi connectivity index (χ1) is 18.4. The molecule has 0 saturated heterocycles. The van der Waals surface area contributed by atoms with Gasteiger partial charge in [-0.1, -0.05) is 48.0 Å². The van der Waals surface area contributed by atoms with E-state index in [0.29, 0.717) is 36.1 Å². The number of nitrogen functional groups attached to an aromatic ring is 1. The summed E-state index contributed by atoms with van der Waals surface area (Å²) in [5.41, 5.74) is 16.9. The molecule has 1 aromatic heterocycles. The number of halogens is 1. The highest BCUT2D eigenvalue weighted by molar-refractivity contribution is 6.30. The SMILES string of the molecule is N=C(N)c1ccc(CCc2nc3cc(C(=O)N(CCN)Cc4ccc(Cl)cc4)ccc3n2CC2CC2)cc1. The summed E-state index contributed by atoms with van der Waals surface area (Å²) < 4.78 is 2.33. The van der Waals surface area contributed by atoms with E-state index in [9.17, 15) is 4.79 Å². The standard InChI is InChI=1S/C30H33ClN6O/c31-25-11-5-21(6-12-25)18-36(16-15-32)30(38)24-10-13-27-26(17-24)35-28(37(27)19-22-1-2-22)14-7-20-3-8-23(9-4-20)29(33)34/h3-6,8-13,17,22H,1-2,7,14-16,18-19,32H2,(H3,33,34). The molecule has 0 aliphatic heterocycles. The van der Waals surface area contributed by atoms with Gasteiger partial charge in [0.05, 0.1) is 11.0 Å². The van der Waals surface area contributed by atoms with Crippen molar-refractivity contribution in [3.05, 3.63) is 99.8 Å². The first-order valence-electron chi connectivity index (χ1n) is 13.1. The second kappa shape index (κ2) is 11.4. The Hall–Kier alpha value is -3.68. The average molecular weight is 529 g/mol. The Morgan fingerprint density at radius 1 is 1.00 bits per heavy atom. The number of aryl methyl sites for hydroxylation is 2. The Bertz CT molecular complexity index is 1440. The molecule has 196 valence electrons. The van der Waals surface area contributed by atoms with Gasteiger partial charge in [-0.3, -0.25) is 10.2 Å². The minimum atomic E-state index is -0.0591. The first-order valence-corrected chi connectivity index (χ1v) is 13.5. The summed E-state index contributed by atoms with van der Waals surface area (Å²) >= 11 is 6.03. The van der Waals surface area contributed by atoms with Gasteiger partial charge in [-0.2, -0.15) is 0 Å². The number of hydrogen-bond donors (Lipinski definition) is 3. The average Bonchev–Trinajstić information content (AvgIpc) is 3.68. The van der Waals surface area contributed by atoms with Gasteiger partial charge in [0.25, 0.3) is 5.91 Å². The summed E-state index contributed by atoms with van der Waals surface area (Å²) in [7, 11) is 0. The van der Waals surface area contributed by atoms with Gasteiger partial charge in [0.15, 0.2) is 0 Å². The lowest BCUT2D eigenvalue weighted by atomic mass is 10.1. The predicted octanol–water partition coefficient (Wildman–Crippen LogP) is 4.77. The van der Waals surface area contributed by atoms with Crippen LogP contribution in [0.1, 0.15) is 45.7 Å². The highest BCUT2D eigenvalue weighted by atomic mass is 35.5. The fraction of sp³-hybridized carbons (Fsp3) is 0.300. The van der Waals surface area contributed by atoms with Crippen molar-refractivity contribution in [2.75, 3.05) is 13.1 Å². The fourth-order valence-corrected chi connectivity index (χ4v) is 4.90. The molecule has 5 rings (SSSR count). The number of amides is 1. The molecule has 5 N–H and O–H groups in total. The number of rotatable bonds is 11. The lowest BCUT2D eigenvalue weighted by Crippen LogP contribution is -2.34. The number of fused-ring (bicyclic) bond motifs is 1. The molecule has 4 aromatic rings. The lowest BCUT2D eigenvalue weighted by Gasteiger charge is -2.22. The number of benzene rings is 3. The van der Waals surface area contributed by atoms with E-state index in [4.69, 9.17) is 33.5 Å². The zero-order valence-electron chi connectivity index (χ0n) is 21.4. The van der Waals surface area contributed by atoms with Gasteiger partial charge in [0, 0.05) is 48.7 Å². The molecule has 1 fully saturated rings. The molecule has 0 unspecified atom stereocenters. The summed E-state index contributed by atoms with van der Waals surface area (Å²) in [6.45, 7) is 2.27. The summed E-state index contributed by atoms with van der Waals surface area (Å²) in [6.07, 6.45) is 4.13. The Balaban J connectivity index is 1.38. The maximum absolute atomic E-state index is 13.5. The third kappa shape index (κ3) is 6.06. The van der Waals surface area contributed by atoms with Crippen LogP contribution in [0.2, 0.25) is 5.02 Å². The van der Waals surface area contributed by atoms with Crippen LogP contribution in [0.3, 0.4) is 0 Å². The highest BCUT2D eigenvalue weighted by Gasteiger charge is 2.25. The molecular weight excluding hydrogens is 496 g/mol. The van der Waals surface area contributed by atoms with Crippen molar-refractivity contribution >= 4 is 34.4 Å². The zero-order valence-corrected chi connectivity index (χ0v) is 22.1. The molecule has 7 nitrogen and oxygen atoms in total. The van der Waals surface area contributed by atoms with E-state index in [2.05, 4.69) is 4.57 Å². The number of nitrogens with two attached hydrogens (primary N) is 2. The number of nitrogens with zero attached hydrogens (tertiary/aromatic N) is 3. The molecule has 1 saturated carbocycles. The minimum absolute atomic E-state index is 0.0591. The van der Waals surface area contributed by atoms with Crippen LogP contribution >= 0.6 is 11.6 Å². The number of carbonyl (C=O) groups excluding carboxylic acids is 1. The monoisotopic (exact) mass is 528 g/mol. The van der Waals surface area contributed by atoms with Crippen molar-refractivity contribution in [3.63, 3.8) is 0 Å². The summed E-state index contributed by atoms with van der Waals surface area (Å²) in [4.78, 5) is 20.3. The van der Waals surface area contributed by atoms with Crippen LogP contribution in [0.5, 0.6) is 0 Å². The quantitative estimate of drug-likeness (QED) is 0.192. The molecule has 8 heteroatoms. The Morgan fingerprint density at radius 3 is 2.34 bits per heavy atom. The van der Waals surface area contributed by atoms with Crippen molar-refractivity contribution in [1.29, 1.82) is 5.41 Å². The van der Waals surface area contributed by atoms with Crippen LogP contribution in [0.25, 0.3) is 11.0 Å². The van der Waals surface area contributed by atoms with Crippen molar-refractivity contribution in [3.8, 4) is 0 Å². The van der Waals surface area contributed by atoms with E-state index >= 15 is 0 Å². The summed E-state index contributed by atoms with van der Waals surface area (Å²) in [5, 5.41) is 8.26. The van der Waals surface area contributed by atoms with Crippen LogP contribution in [0, 0.1) is 11.3 Å². The van der Waals surface area contributed by atoms with Crippen molar-refractivity contribution in [2.24, 2.45) is 17.4 Å². The molecule has 1 heterocycles. The maximum Gasteiger partial charge on any atom is 0.254 e. The molecule has 0 spiro atoms. The summed E-state index contributed by atoms with van der Waals surface area (Å²) in [6, 6.07) is 21.2. The Morgan fingerprint density at radius 2 is 1.68 bits per heavy atom. The number of aromatic nitrogens is 2. The zero-order chi connectivity index (χ0) is 26.6. The van der Waals surface area contributed by atoms with E-state index in [1.165, 1.54) is 18.4 Å². The van der Waals surface area contributed by atoms with Gasteiger partial charge in [0.1, 0.15) is 11.7 Å². The summed E-state index contributed by atoms with van der Waals surface area (Å²) in [5.74, 6) is 1.75. The minimum Gasteiger partial charge on any atom is -0.384 e. The van der Waals surface area contributed by atoms with Crippen LogP contribution in [0.15, 0.2) is 66.7 Å². The lowest BCUT2D eigenvalue weighted by molar-refractivity contribution is 0.0748. The van der Waals surface area contributed by atoms with E-state index in [1.807, 2.05) is 66.7 Å². The normalized spacial score (nSPS) is 13.1. The third-order valence-corrected chi connectivity index (χ3v) is 7.34. The smallest absolute Gasteiger partial charge is 0.254 e. The van der Waals surface area contributed by atoms with Crippen LogP contribution in [0.4, 0.5) is 0 Å². The van der Waals surface area contributed by atoms with Gasteiger partial charge in [-0.05, 0) is 66.6 Å². The molecule has 3 aromatic carbocycles. The van der Waals surface area contributed by atoms with E-state index in [1.54, 1.807) is 4.90 Å². The van der Waals surface area contributed by atoms with Crippen molar-refractivity contribution in [1.82, 2.24) is 14.5 Å². The molecule has 0 atom stereocenters. The number of hydrogen-bond acceptors (Lipinski definition) is 4. The number of nitrogens with one attached hydrogen (secondary N) is 1. The Kier molecular flexibility index (Phi) is 7.77. The second-order valence-electron chi connectivity index (χ2n) is 10.0. The number of imidazole rings is 1. The molecule has 38 heavy (non-hydrogen) atoms. The maximum atomic E-state index is 13.5. The molecule has 1 amide bonds. The van der Waals surface area contributed by atoms with E-state index in [0.717, 1.165) is 47.4 Å². The van der Waals surface area contributed by atoms with Gasteiger partial charge < -0.3 is 20.9 Å². The second-order valence-corrected chi connectivity index (χ2v) is 10.5. The Labute approximate surface area is 227 Å². The predicted molar refractivity (Wildman–Crippen MR) is 153 cm³/mol. The molecule has 1 aliphatic rings. The van der Waals surface area contributed by atoms with E-state index < -0.39 is 0 Å². The number of amidine groups is 1. The fourth-order valence-electron chi connectivity index (χ4n) is 4.77. The third-order valence-electron chi connectivity index (χ3n) is 7.09. The van der Waals surface area contributed by atoms with E-state index in [-0.39, 0.29) is 11.7 Å².